The van der Waals surface area contributed by atoms with Crippen LogP contribution in [-0.2, 0) is 9.47 Å². The van der Waals surface area contributed by atoms with Crippen LogP contribution in [0.3, 0.4) is 0 Å². The fourth-order valence-electron chi connectivity index (χ4n) is 1.55. The van der Waals surface area contributed by atoms with Crippen LogP contribution in [0.4, 0.5) is 5.69 Å². The Kier molecular flexibility index (Phi) is 5.40. The van der Waals surface area contributed by atoms with Gasteiger partial charge < -0.3 is 9.47 Å². The molecule has 21 heavy (non-hydrogen) atoms. The number of nitro groups is 1. The minimum absolute atomic E-state index is 0.0556. The molecule has 0 saturated heterocycles. The summed E-state index contributed by atoms with van der Waals surface area (Å²) in [6.07, 6.45) is -0.785. The van der Waals surface area contributed by atoms with E-state index in [1.165, 1.54) is 6.07 Å². The van der Waals surface area contributed by atoms with E-state index in [0.717, 1.165) is 12.1 Å². The molecule has 1 aromatic carbocycles. The average molecular weight is 295 g/mol. The van der Waals surface area contributed by atoms with Crippen LogP contribution < -0.4 is 0 Å². The van der Waals surface area contributed by atoms with Crippen molar-refractivity contribution in [2.24, 2.45) is 0 Å². The minimum atomic E-state index is -0.801. The molecule has 1 aromatic rings. The highest BCUT2D eigenvalue weighted by Gasteiger charge is 2.24. The molecule has 7 heteroatoms. The molecule has 0 aliphatic carbocycles. The predicted molar refractivity (Wildman–Crippen MR) is 74.2 cm³/mol. The highest BCUT2D eigenvalue weighted by atomic mass is 16.6. The summed E-state index contributed by atoms with van der Waals surface area (Å²) in [6.45, 7) is 6.60. The molecule has 0 bridgehead atoms. The second-order valence-corrected chi connectivity index (χ2v) is 4.90. The van der Waals surface area contributed by atoms with Gasteiger partial charge in [-0.15, -0.1) is 0 Å². The third kappa shape index (κ3) is 4.55. The molecular formula is C14H17NO6. The molecule has 0 radical (unpaired) electrons. The third-order valence-corrected chi connectivity index (χ3v) is 2.34. The van der Waals surface area contributed by atoms with E-state index in [-0.39, 0.29) is 22.9 Å². The van der Waals surface area contributed by atoms with Crippen molar-refractivity contribution in [2.75, 3.05) is 0 Å². The van der Waals surface area contributed by atoms with Gasteiger partial charge in [-0.25, -0.2) is 9.59 Å². The number of nitrogens with zero attached hydrogens (tertiary/aromatic N) is 1. The molecule has 0 aromatic heterocycles. The van der Waals surface area contributed by atoms with Crippen LogP contribution in [0.1, 0.15) is 48.4 Å². The van der Waals surface area contributed by atoms with Crippen LogP contribution in [0.25, 0.3) is 0 Å². The summed E-state index contributed by atoms with van der Waals surface area (Å²) in [6, 6.07) is 3.35. The third-order valence-electron chi connectivity index (χ3n) is 2.34. The van der Waals surface area contributed by atoms with Crippen LogP contribution in [0, 0.1) is 10.1 Å². The number of benzene rings is 1. The fourth-order valence-corrected chi connectivity index (χ4v) is 1.55. The van der Waals surface area contributed by atoms with Gasteiger partial charge in [0.15, 0.2) is 0 Å². The number of hydrogen-bond donors (Lipinski definition) is 0. The molecule has 0 aliphatic heterocycles. The van der Waals surface area contributed by atoms with Gasteiger partial charge in [-0.05, 0) is 33.8 Å². The van der Waals surface area contributed by atoms with Crippen molar-refractivity contribution in [3.8, 4) is 0 Å². The largest absolute Gasteiger partial charge is 0.459 e. The molecule has 0 fully saturated rings. The van der Waals surface area contributed by atoms with Crippen molar-refractivity contribution in [2.45, 2.75) is 39.9 Å². The molecule has 0 heterocycles. The van der Waals surface area contributed by atoms with Crippen molar-refractivity contribution in [3.05, 3.63) is 39.4 Å². The van der Waals surface area contributed by atoms with E-state index < -0.39 is 23.0 Å². The number of nitro benzene ring substituents is 1. The number of carbonyl (C=O) groups is 2. The minimum Gasteiger partial charge on any atom is -0.459 e. The topological polar surface area (TPSA) is 95.7 Å². The van der Waals surface area contributed by atoms with Gasteiger partial charge in [0.25, 0.3) is 5.69 Å². The zero-order valence-electron chi connectivity index (χ0n) is 12.3. The predicted octanol–water partition coefficient (Wildman–Crippen LogP) is 2.73. The van der Waals surface area contributed by atoms with Gasteiger partial charge in [-0.1, -0.05) is 0 Å². The summed E-state index contributed by atoms with van der Waals surface area (Å²) in [5.74, 6) is -1.53. The maximum absolute atomic E-state index is 12.0. The number of hydrogen-bond acceptors (Lipinski definition) is 6. The molecule has 0 amide bonds. The molecule has 7 nitrogen and oxygen atoms in total. The van der Waals surface area contributed by atoms with Gasteiger partial charge in [0, 0.05) is 12.1 Å². The zero-order valence-corrected chi connectivity index (χ0v) is 12.3. The van der Waals surface area contributed by atoms with Crippen LogP contribution >= 0.6 is 0 Å². The van der Waals surface area contributed by atoms with E-state index in [9.17, 15) is 19.7 Å². The lowest BCUT2D eigenvalue weighted by Gasteiger charge is -2.12. The summed E-state index contributed by atoms with van der Waals surface area (Å²) in [7, 11) is 0. The number of ether oxygens (including phenoxy) is 2. The smallest absolute Gasteiger partial charge is 0.339 e. The highest BCUT2D eigenvalue weighted by molar-refractivity contribution is 6.03. The van der Waals surface area contributed by atoms with E-state index in [1.54, 1.807) is 27.7 Å². The molecule has 0 unspecified atom stereocenters. The van der Waals surface area contributed by atoms with Gasteiger partial charge in [-0.2, -0.15) is 0 Å². The molecule has 0 N–H and O–H groups in total. The Bertz CT molecular complexity index is 565. The van der Waals surface area contributed by atoms with E-state index >= 15 is 0 Å². The second kappa shape index (κ2) is 6.83. The summed E-state index contributed by atoms with van der Waals surface area (Å²) in [5, 5.41) is 10.8. The first kappa shape index (κ1) is 16.6. The molecule has 1 rings (SSSR count). The quantitative estimate of drug-likeness (QED) is 0.471. The monoisotopic (exact) mass is 295 g/mol. The van der Waals surface area contributed by atoms with Crippen LogP contribution in [0.15, 0.2) is 18.2 Å². The Morgan fingerprint density at radius 3 is 1.90 bits per heavy atom. The van der Waals surface area contributed by atoms with Gasteiger partial charge in [0.05, 0.1) is 28.3 Å². The van der Waals surface area contributed by atoms with E-state index in [2.05, 4.69) is 0 Å². The maximum Gasteiger partial charge on any atom is 0.339 e. The van der Waals surface area contributed by atoms with Crippen molar-refractivity contribution in [1.82, 2.24) is 0 Å². The zero-order chi connectivity index (χ0) is 16.2. The van der Waals surface area contributed by atoms with Crippen LogP contribution in [0.5, 0.6) is 0 Å². The number of non-ortho nitro benzene ring substituents is 1. The first-order valence-electron chi connectivity index (χ1n) is 6.42. The lowest BCUT2D eigenvalue weighted by molar-refractivity contribution is -0.384. The van der Waals surface area contributed by atoms with Gasteiger partial charge >= 0.3 is 11.9 Å². The number of rotatable bonds is 5. The summed E-state index contributed by atoms with van der Waals surface area (Å²) < 4.78 is 10.0. The van der Waals surface area contributed by atoms with Crippen LogP contribution in [-0.4, -0.2) is 29.1 Å². The Balaban J connectivity index is 3.26. The summed E-state index contributed by atoms with van der Waals surface area (Å²) in [4.78, 5) is 34.1. The van der Waals surface area contributed by atoms with Crippen molar-refractivity contribution in [3.63, 3.8) is 0 Å². The molecule has 0 spiro atoms. The van der Waals surface area contributed by atoms with E-state index in [1.807, 2.05) is 0 Å². The van der Waals surface area contributed by atoms with Gasteiger partial charge in [-0.3, -0.25) is 10.1 Å². The van der Waals surface area contributed by atoms with Crippen molar-refractivity contribution < 1.29 is 24.0 Å². The maximum atomic E-state index is 12.0. The molecular weight excluding hydrogens is 278 g/mol. The van der Waals surface area contributed by atoms with Crippen LogP contribution in [0.2, 0.25) is 0 Å². The Morgan fingerprint density at radius 2 is 1.48 bits per heavy atom. The highest BCUT2D eigenvalue weighted by Crippen LogP contribution is 2.20. The van der Waals surface area contributed by atoms with Crippen molar-refractivity contribution in [1.29, 1.82) is 0 Å². The van der Waals surface area contributed by atoms with E-state index in [4.69, 9.17) is 9.47 Å². The van der Waals surface area contributed by atoms with E-state index in [0.29, 0.717) is 0 Å². The standard InChI is InChI=1S/C14H17NO6/c1-8(2)20-13(16)11-6-5-10(15(18)19)7-12(11)14(17)21-9(3)4/h5-9H,1-4H3. The SMILES string of the molecule is CC(C)OC(=O)c1ccc([N+](=O)[O-])cc1C(=O)OC(C)C. The summed E-state index contributed by atoms with van der Waals surface area (Å²) in [5.41, 5.74) is -0.532. The molecule has 0 saturated carbocycles. The Hall–Kier alpha value is -2.44. The second-order valence-electron chi connectivity index (χ2n) is 4.90. The van der Waals surface area contributed by atoms with Gasteiger partial charge in [0.1, 0.15) is 0 Å². The number of carbonyl (C=O) groups excluding carboxylic acids is 2. The average Bonchev–Trinajstić information content (AvgIpc) is 2.36. The number of esters is 2. The first-order valence-corrected chi connectivity index (χ1v) is 6.42. The molecule has 0 aliphatic rings. The lowest BCUT2D eigenvalue weighted by Crippen LogP contribution is -2.19. The Labute approximate surface area is 122 Å². The van der Waals surface area contributed by atoms with Gasteiger partial charge in [0.2, 0.25) is 0 Å². The first-order chi connectivity index (χ1) is 9.72. The van der Waals surface area contributed by atoms with Crippen molar-refractivity contribution >= 4 is 17.6 Å². The molecule has 114 valence electrons. The normalized spacial score (nSPS) is 10.6. The fraction of sp³-hybridized carbons (Fsp3) is 0.429. The lowest BCUT2D eigenvalue weighted by atomic mass is 10.1. The summed E-state index contributed by atoms with van der Waals surface area (Å²) >= 11 is 0. The molecule has 0 atom stereocenters. The Morgan fingerprint density at radius 1 is 1.00 bits per heavy atom.